The smallest absolute Gasteiger partial charge is 0.0979 e. The van der Waals surface area contributed by atoms with E-state index < -0.39 is 0 Å². The monoisotopic (exact) mass is 134 g/mol. The SMILES string of the molecule is CC(C)C1OC1CCl. The summed E-state index contributed by atoms with van der Waals surface area (Å²) in [6.07, 6.45) is 0.809. The molecule has 2 heteroatoms. The van der Waals surface area contributed by atoms with Crippen molar-refractivity contribution in [2.24, 2.45) is 5.92 Å². The molecule has 0 bridgehead atoms. The van der Waals surface area contributed by atoms with E-state index in [0.717, 1.165) is 0 Å². The standard InChI is InChI=1S/C6H11ClO/c1-4(2)6-5(3-7)8-6/h4-6H,3H2,1-2H3. The summed E-state index contributed by atoms with van der Waals surface area (Å²) in [5.41, 5.74) is 0. The average Bonchev–Trinajstić information content (AvgIpc) is 2.42. The van der Waals surface area contributed by atoms with Gasteiger partial charge in [0.05, 0.1) is 18.1 Å². The lowest BCUT2D eigenvalue weighted by Gasteiger charge is -1.93. The Morgan fingerprint density at radius 2 is 2.25 bits per heavy atom. The van der Waals surface area contributed by atoms with Gasteiger partial charge in [0.2, 0.25) is 0 Å². The molecule has 0 aromatic carbocycles. The van der Waals surface area contributed by atoms with Crippen LogP contribution in [0.1, 0.15) is 13.8 Å². The highest BCUT2D eigenvalue weighted by Crippen LogP contribution is 2.29. The van der Waals surface area contributed by atoms with Crippen LogP contribution in [0.2, 0.25) is 0 Å². The molecule has 1 aliphatic heterocycles. The number of epoxide rings is 1. The van der Waals surface area contributed by atoms with Crippen LogP contribution in [-0.2, 0) is 4.74 Å². The van der Waals surface area contributed by atoms with Gasteiger partial charge in [0.1, 0.15) is 0 Å². The average molecular weight is 135 g/mol. The van der Waals surface area contributed by atoms with Crippen molar-refractivity contribution in [3.63, 3.8) is 0 Å². The van der Waals surface area contributed by atoms with Crippen molar-refractivity contribution >= 4 is 11.6 Å². The van der Waals surface area contributed by atoms with Gasteiger partial charge >= 0.3 is 0 Å². The van der Waals surface area contributed by atoms with E-state index in [2.05, 4.69) is 13.8 Å². The number of alkyl halides is 1. The second-order valence-corrected chi connectivity index (χ2v) is 2.85. The van der Waals surface area contributed by atoms with E-state index in [0.29, 0.717) is 24.0 Å². The maximum atomic E-state index is 5.51. The Kier molecular flexibility index (Phi) is 1.78. The predicted octanol–water partition coefficient (Wildman–Crippen LogP) is 1.65. The predicted molar refractivity (Wildman–Crippen MR) is 34.2 cm³/mol. The van der Waals surface area contributed by atoms with Crippen molar-refractivity contribution in [3.8, 4) is 0 Å². The fourth-order valence-electron chi connectivity index (χ4n) is 0.867. The Labute approximate surface area is 55.0 Å². The van der Waals surface area contributed by atoms with E-state index in [1.807, 2.05) is 0 Å². The molecule has 1 rings (SSSR count). The van der Waals surface area contributed by atoms with Crippen molar-refractivity contribution in [1.82, 2.24) is 0 Å². The second kappa shape index (κ2) is 2.24. The Balaban J connectivity index is 2.16. The highest BCUT2D eigenvalue weighted by molar-refractivity contribution is 6.18. The topological polar surface area (TPSA) is 12.5 Å². The van der Waals surface area contributed by atoms with Crippen LogP contribution in [-0.4, -0.2) is 18.1 Å². The summed E-state index contributed by atoms with van der Waals surface area (Å²) in [6.45, 7) is 4.30. The fraction of sp³-hybridized carbons (Fsp3) is 1.00. The lowest BCUT2D eigenvalue weighted by Crippen LogP contribution is -2.02. The molecule has 48 valence electrons. The van der Waals surface area contributed by atoms with Crippen LogP contribution >= 0.6 is 11.6 Å². The van der Waals surface area contributed by atoms with Crippen LogP contribution in [0.5, 0.6) is 0 Å². The van der Waals surface area contributed by atoms with E-state index in [-0.39, 0.29) is 0 Å². The molecule has 0 spiro atoms. The maximum Gasteiger partial charge on any atom is 0.0979 e. The molecule has 1 heterocycles. The molecule has 1 aliphatic rings. The molecule has 1 saturated heterocycles. The minimum atomic E-state index is 0.358. The number of hydrogen-bond donors (Lipinski definition) is 0. The summed E-state index contributed by atoms with van der Waals surface area (Å²) in [5, 5.41) is 0. The lowest BCUT2D eigenvalue weighted by molar-refractivity contribution is 0.340. The van der Waals surface area contributed by atoms with E-state index in [4.69, 9.17) is 16.3 Å². The van der Waals surface area contributed by atoms with E-state index in [1.165, 1.54) is 0 Å². The number of hydrogen-bond acceptors (Lipinski definition) is 1. The third kappa shape index (κ3) is 1.15. The maximum absolute atomic E-state index is 5.51. The molecule has 0 radical (unpaired) electrons. The van der Waals surface area contributed by atoms with Gasteiger partial charge in [0.25, 0.3) is 0 Å². The first-order valence-electron chi connectivity index (χ1n) is 2.97. The van der Waals surface area contributed by atoms with Gasteiger partial charge in [-0.15, -0.1) is 11.6 Å². The number of rotatable bonds is 2. The molecule has 0 aromatic heterocycles. The number of halogens is 1. The zero-order valence-electron chi connectivity index (χ0n) is 5.23. The fourth-order valence-corrected chi connectivity index (χ4v) is 1.12. The number of ether oxygens (including phenoxy) is 1. The lowest BCUT2D eigenvalue weighted by atomic mass is 10.1. The highest BCUT2D eigenvalue weighted by atomic mass is 35.5. The van der Waals surface area contributed by atoms with Crippen molar-refractivity contribution in [3.05, 3.63) is 0 Å². The molecule has 2 atom stereocenters. The van der Waals surface area contributed by atoms with Crippen molar-refractivity contribution < 1.29 is 4.74 Å². The normalized spacial score (nSPS) is 36.0. The van der Waals surface area contributed by atoms with Crippen LogP contribution in [0.25, 0.3) is 0 Å². The summed E-state index contributed by atoms with van der Waals surface area (Å²) in [7, 11) is 0. The molecule has 0 saturated carbocycles. The Hall–Kier alpha value is 0.250. The minimum absolute atomic E-state index is 0.358. The summed E-state index contributed by atoms with van der Waals surface area (Å²) in [6, 6.07) is 0. The Morgan fingerprint density at radius 3 is 2.38 bits per heavy atom. The first-order chi connectivity index (χ1) is 3.75. The summed E-state index contributed by atoms with van der Waals surface area (Å²) in [5.74, 6) is 1.29. The molecular formula is C6H11ClO. The van der Waals surface area contributed by atoms with Gasteiger partial charge in [-0.3, -0.25) is 0 Å². The molecular weight excluding hydrogens is 124 g/mol. The quantitative estimate of drug-likeness (QED) is 0.413. The Morgan fingerprint density at radius 1 is 1.62 bits per heavy atom. The molecule has 1 fully saturated rings. The summed E-state index contributed by atoms with van der Waals surface area (Å²) < 4.78 is 5.20. The zero-order valence-corrected chi connectivity index (χ0v) is 5.98. The van der Waals surface area contributed by atoms with Gasteiger partial charge in [-0.2, -0.15) is 0 Å². The van der Waals surface area contributed by atoms with Gasteiger partial charge in [0.15, 0.2) is 0 Å². The summed E-state index contributed by atoms with van der Waals surface area (Å²) in [4.78, 5) is 0. The second-order valence-electron chi connectivity index (χ2n) is 2.54. The molecule has 0 aliphatic carbocycles. The third-order valence-corrected chi connectivity index (χ3v) is 1.74. The molecule has 0 amide bonds. The van der Waals surface area contributed by atoms with Crippen LogP contribution in [0.4, 0.5) is 0 Å². The summed E-state index contributed by atoms with van der Waals surface area (Å²) >= 11 is 5.51. The molecule has 1 nitrogen and oxygen atoms in total. The van der Waals surface area contributed by atoms with E-state index in [9.17, 15) is 0 Å². The van der Waals surface area contributed by atoms with E-state index >= 15 is 0 Å². The first-order valence-corrected chi connectivity index (χ1v) is 3.50. The van der Waals surface area contributed by atoms with Crippen LogP contribution in [0.3, 0.4) is 0 Å². The van der Waals surface area contributed by atoms with Gasteiger partial charge < -0.3 is 4.74 Å². The molecule has 0 aromatic rings. The van der Waals surface area contributed by atoms with Gasteiger partial charge in [-0.25, -0.2) is 0 Å². The molecule has 2 unspecified atom stereocenters. The van der Waals surface area contributed by atoms with Crippen molar-refractivity contribution in [2.75, 3.05) is 5.88 Å². The molecule has 8 heavy (non-hydrogen) atoms. The largest absolute Gasteiger partial charge is 0.368 e. The molecule has 0 N–H and O–H groups in total. The first kappa shape index (κ1) is 6.37. The van der Waals surface area contributed by atoms with Gasteiger partial charge in [-0.1, -0.05) is 13.8 Å². The minimum Gasteiger partial charge on any atom is -0.368 e. The van der Waals surface area contributed by atoms with Crippen molar-refractivity contribution in [1.29, 1.82) is 0 Å². The van der Waals surface area contributed by atoms with E-state index in [1.54, 1.807) is 0 Å². The van der Waals surface area contributed by atoms with Crippen LogP contribution < -0.4 is 0 Å². The Bertz CT molecular complexity index is 82.6. The third-order valence-electron chi connectivity index (χ3n) is 1.43. The van der Waals surface area contributed by atoms with Crippen LogP contribution in [0.15, 0.2) is 0 Å². The zero-order chi connectivity index (χ0) is 6.15. The van der Waals surface area contributed by atoms with Gasteiger partial charge in [-0.05, 0) is 5.92 Å². The highest BCUT2D eigenvalue weighted by Gasteiger charge is 2.39. The van der Waals surface area contributed by atoms with Crippen LogP contribution in [0, 0.1) is 5.92 Å². The van der Waals surface area contributed by atoms with Gasteiger partial charge in [0, 0.05) is 0 Å². The van der Waals surface area contributed by atoms with Crippen molar-refractivity contribution in [2.45, 2.75) is 26.1 Å².